The van der Waals surface area contributed by atoms with Gasteiger partial charge in [0.2, 0.25) is 5.91 Å². The highest BCUT2D eigenvalue weighted by Gasteiger charge is 2.25. The molecule has 216 valence electrons. The first-order valence-corrected chi connectivity index (χ1v) is 14.6. The van der Waals surface area contributed by atoms with Crippen molar-refractivity contribution in [2.45, 2.75) is 20.3 Å². The highest BCUT2D eigenvalue weighted by molar-refractivity contribution is 5.96. The maximum atomic E-state index is 13.5. The Morgan fingerprint density at radius 1 is 0.805 bits per heavy atom. The number of aromatic nitrogens is 2. The molecule has 2 fully saturated rings. The lowest BCUT2D eigenvalue weighted by molar-refractivity contribution is -0.131. The molecule has 0 bridgehead atoms. The second kappa shape index (κ2) is 13.7. The standard InChI is InChI=1S/C32H40N6O3/c1-25-4-8-27(9-5-25)29-12-13-30(34-33-29)36-14-3-15-37(19-18-36)31(39)24-38(17-16-35-20-22-41-23-21-35)32(40)28-10-6-26(2)7-11-28/h4-13H,3,14-24H2,1-2H3. The summed E-state index contributed by atoms with van der Waals surface area (Å²) in [6, 6.07) is 19.8. The van der Waals surface area contributed by atoms with Gasteiger partial charge < -0.3 is 19.4 Å². The molecule has 0 radical (unpaired) electrons. The average molecular weight is 557 g/mol. The van der Waals surface area contributed by atoms with Crippen LogP contribution in [-0.4, -0.2) is 109 Å². The number of amides is 2. The van der Waals surface area contributed by atoms with E-state index in [0.29, 0.717) is 45.0 Å². The number of hydrogen-bond acceptors (Lipinski definition) is 7. The Kier molecular flexibility index (Phi) is 9.59. The van der Waals surface area contributed by atoms with E-state index >= 15 is 0 Å². The molecule has 0 saturated carbocycles. The Bertz CT molecular complexity index is 1290. The fourth-order valence-corrected chi connectivity index (χ4v) is 5.25. The van der Waals surface area contributed by atoms with Crippen molar-refractivity contribution in [3.8, 4) is 11.3 Å². The zero-order valence-corrected chi connectivity index (χ0v) is 24.2. The summed E-state index contributed by atoms with van der Waals surface area (Å²) in [5.74, 6) is 0.693. The Balaban J connectivity index is 1.20. The van der Waals surface area contributed by atoms with Gasteiger partial charge in [-0.05, 0) is 44.5 Å². The first-order valence-electron chi connectivity index (χ1n) is 14.6. The molecule has 2 saturated heterocycles. The third kappa shape index (κ3) is 7.68. The van der Waals surface area contributed by atoms with Crippen molar-refractivity contribution in [3.05, 3.63) is 77.4 Å². The number of carbonyl (C=O) groups excluding carboxylic acids is 2. The van der Waals surface area contributed by atoms with Crippen molar-refractivity contribution in [1.29, 1.82) is 0 Å². The molecule has 9 heteroatoms. The van der Waals surface area contributed by atoms with Crippen molar-refractivity contribution in [2.24, 2.45) is 0 Å². The van der Waals surface area contributed by atoms with Crippen LogP contribution in [0.3, 0.4) is 0 Å². The van der Waals surface area contributed by atoms with Crippen LogP contribution in [0.1, 0.15) is 27.9 Å². The fourth-order valence-electron chi connectivity index (χ4n) is 5.25. The average Bonchev–Trinajstić information content (AvgIpc) is 3.27. The van der Waals surface area contributed by atoms with Crippen molar-refractivity contribution < 1.29 is 14.3 Å². The summed E-state index contributed by atoms with van der Waals surface area (Å²) in [4.78, 5) is 35.1. The first-order chi connectivity index (χ1) is 20.0. The van der Waals surface area contributed by atoms with E-state index in [-0.39, 0.29) is 18.4 Å². The van der Waals surface area contributed by atoms with E-state index in [1.165, 1.54) is 5.56 Å². The number of nitrogens with zero attached hydrogens (tertiary/aromatic N) is 6. The molecular formula is C32H40N6O3. The van der Waals surface area contributed by atoms with E-state index in [1.54, 1.807) is 4.90 Å². The van der Waals surface area contributed by atoms with Crippen molar-refractivity contribution in [1.82, 2.24) is 24.9 Å². The second-order valence-corrected chi connectivity index (χ2v) is 10.9. The van der Waals surface area contributed by atoms with E-state index in [9.17, 15) is 9.59 Å². The van der Waals surface area contributed by atoms with Crippen LogP contribution in [-0.2, 0) is 9.53 Å². The number of morpholine rings is 1. The molecule has 3 heterocycles. The van der Waals surface area contributed by atoms with E-state index in [4.69, 9.17) is 4.74 Å². The molecule has 2 amide bonds. The van der Waals surface area contributed by atoms with Crippen molar-refractivity contribution >= 4 is 17.6 Å². The molecule has 41 heavy (non-hydrogen) atoms. The lowest BCUT2D eigenvalue weighted by Gasteiger charge is -2.31. The van der Waals surface area contributed by atoms with Crippen LogP contribution in [0.25, 0.3) is 11.3 Å². The second-order valence-electron chi connectivity index (χ2n) is 10.9. The fraction of sp³-hybridized carbons (Fsp3) is 0.438. The van der Waals surface area contributed by atoms with E-state index < -0.39 is 0 Å². The van der Waals surface area contributed by atoms with Crippen molar-refractivity contribution in [2.75, 3.05) is 77.0 Å². The van der Waals surface area contributed by atoms with Gasteiger partial charge in [0, 0.05) is 63.5 Å². The van der Waals surface area contributed by atoms with Crippen LogP contribution in [0.5, 0.6) is 0 Å². The summed E-state index contributed by atoms with van der Waals surface area (Å²) in [7, 11) is 0. The van der Waals surface area contributed by atoms with E-state index in [1.807, 2.05) is 48.2 Å². The molecular weight excluding hydrogens is 516 g/mol. The minimum Gasteiger partial charge on any atom is -0.379 e. The third-order valence-corrected chi connectivity index (χ3v) is 7.87. The number of benzene rings is 2. The first kappa shape index (κ1) is 28.7. The molecule has 2 aliphatic rings. The highest BCUT2D eigenvalue weighted by Crippen LogP contribution is 2.20. The molecule has 5 rings (SSSR count). The summed E-state index contributed by atoms with van der Waals surface area (Å²) < 4.78 is 5.47. The molecule has 3 aromatic rings. The van der Waals surface area contributed by atoms with Crippen molar-refractivity contribution in [3.63, 3.8) is 0 Å². The zero-order chi connectivity index (χ0) is 28.6. The lowest BCUT2D eigenvalue weighted by atomic mass is 10.1. The Morgan fingerprint density at radius 2 is 1.51 bits per heavy atom. The van der Waals surface area contributed by atoms with Gasteiger partial charge in [-0.15, -0.1) is 10.2 Å². The van der Waals surface area contributed by atoms with Gasteiger partial charge in [0.15, 0.2) is 5.82 Å². The van der Waals surface area contributed by atoms with Gasteiger partial charge in [0.05, 0.1) is 18.9 Å². The Hall–Kier alpha value is -3.82. The molecule has 0 unspecified atom stereocenters. The summed E-state index contributed by atoms with van der Waals surface area (Å²) in [6.07, 6.45) is 0.826. The topological polar surface area (TPSA) is 82.1 Å². The number of aryl methyl sites for hydroxylation is 2. The maximum absolute atomic E-state index is 13.5. The Morgan fingerprint density at radius 3 is 2.20 bits per heavy atom. The zero-order valence-electron chi connectivity index (χ0n) is 24.2. The number of carbonyl (C=O) groups is 2. The molecule has 0 aliphatic carbocycles. The smallest absolute Gasteiger partial charge is 0.254 e. The van der Waals surface area contributed by atoms with E-state index in [0.717, 1.165) is 55.2 Å². The van der Waals surface area contributed by atoms with E-state index in [2.05, 4.69) is 51.2 Å². The molecule has 1 aromatic heterocycles. The molecule has 9 nitrogen and oxygen atoms in total. The minimum absolute atomic E-state index is 0.0184. The highest BCUT2D eigenvalue weighted by atomic mass is 16.5. The van der Waals surface area contributed by atoms with Gasteiger partial charge in [0.1, 0.15) is 6.54 Å². The van der Waals surface area contributed by atoms with Crippen LogP contribution in [0.2, 0.25) is 0 Å². The van der Waals surface area contributed by atoms with Gasteiger partial charge in [-0.2, -0.15) is 0 Å². The molecule has 0 atom stereocenters. The van der Waals surface area contributed by atoms with Gasteiger partial charge in [0.25, 0.3) is 5.91 Å². The summed E-state index contributed by atoms with van der Waals surface area (Å²) in [5.41, 5.74) is 4.80. The lowest BCUT2D eigenvalue weighted by Crippen LogP contribution is -2.47. The predicted octanol–water partition coefficient (Wildman–Crippen LogP) is 3.27. The number of hydrogen-bond donors (Lipinski definition) is 0. The third-order valence-electron chi connectivity index (χ3n) is 7.87. The molecule has 2 aliphatic heterocycles. The molecule has 2 aromatic carbocycles. The minimum atomic E-state index is -0.105. The monoisotopic (exact) mass is 556 g/mol. The normalized spacial score (nSPS) is 16.3. The van der Waals surface area contributed by atoms with Crippen LogP contribution in [0.15, 0.2) is 60.7 Å². The van der Waals surface area contributed by atoms with Crippen LogP contribution in [0, 0.1) is 13.8 Å². The SMILES string of the molecule is Cc1ccc(C(=O)N(CCN2CCOCC2)CC(=O)N2CCCN(c3ccc(-c4ccc(C)cc4)nn3)CC2)cc1. The number of ether oxygens (including phenoxy) is 1. The van der Waals surface area contributed by atoms with Gasteiger partial charge in [-0.1, -0.05) is 47.5 Å². The summed E-state index contributed by atoms with van der Waals surface area (Å²) >= 11 is 0. The number of anilines is 1. The van der Waals surface area contributed by atoms with Crippen LogP contribution < -0.4 is 4.90 Å². The van der Waals surface area contributed by atoms with Crippen LogP contribution >= 0.6 is 0 Å². The van der Waals surface area contributed by atoms with Crippen LogP contribution in [0.4, 0.5) is 5.82 Å². The molecule has 0 spiro atoms. The van der Waals surface area contributed by atoms with Gasteiger partial charge in [-0.25, -0.2) is 0 Å². The van der Waals surface area contributed by atoms with Gasteiger partial charge in [-0.3, -0.25) is 14.5 Å². The predicted molar refractivity (Wildman–Crippen MR) is 160 cm³/mol. The van der Waals surface area contributed by atoms with Gasteiger partial charge >= 0.3 is 0 Å². The summed E-state index contributed by atoms with van der Waals surface area (Å²) in [6.45, 7) is 11.2. The quantitative estimate of drug-likeness (QED) is 0.421. The number of rotatable bonds is 8. The maximum Gasteiger partial charge on any atom is 0.254 e. The summed E-state index contributed by atoms with van der Waals surface area (Å²) in [5, 5.41) is 8.96. The Labute approximate surface area is 242 Å². The largest absolute Gasteiger partial charge is 0.379 e. The molecule has 0 N–H and O–H groups in total.